The minimum atomic E-state index is 0.0000926. The minimum absolute atomic E-state index is 0.0000926. The van der Waals surface area contributed by atoms with Crippen LogP contribution in [0.15, 0.2) is 16.6 Å². The summed E-state index contributed by atoms with van der Waals surface area (Å²) in [5.74, 6) is 0.157. The average molecular weight is 341 g/mol. The van der Waals surface area contributed by atoms with E-state index in [1.807, 2.05) is 22.6 Å². The van der Waals surface area contributed by atoms with Crippen LogP contribution in [0.25, 0.3) is 0 Å². The molecule has 0 radical (unpaired) electrons. The summed E-state index contributed by atoms with van der Waals surface area (Å²) in [7, 11) is 0. The second-order valence-electron chi connectivity index (χ2n) is 2.34. The highest BCUT2D eigenvalue weighted by Gasteiger charge is 2.08. The van der Waals surface area contributed by atoms with Crippen LogP contribution >= 0.6 is 38.5 Å². The van der Waals surface area contributed by atoms with Crippen LogP contribution in [0, 0.1) is 3.57 Å². The number of halogens is 2. The quantitative estimate of drug-likeness (QED) is 0.630. The maximum Gasteiger partial charge on any atom is 0.160 e. The van der Waals surface area contributed by atoms with Gasteiger partial charge in [0.2, 0.25) is 0 Å². The van der Waals surface area contributed by atoms with Gasteiger partial charge in [-0.05, 0) is 57.6 Å². The van der Waals surface area contributed by atoms with Crippen LogP contribution in [0.3, 0.4) is 0 Å². The Morgan fingerprint density at radius 2 is 2.17 bits per heavy atom. The number of carbonyl (C=O) groups is 1. The van der Waals surface area contributed by atoms with Gasteiger partial charge in [0.1, 0.15) is 5.75 Å². The van der Waals surface area contributed by atoms with Crippen molar-refractivity contribution in [1.82, 2.24) is 0 Å². The summed E-state index contributed by atoms with van der Waals surface area (Å²) in [5.41, 5.74) is 0.625. The van der Waals surface area contributed by atoms with Crippen molar-refractivity contribution in [2.45, 2.75) is 6.92 Å². The zero-order valence-corrected chi connectivity index (χ0v) is 10.0. The Hall–Kier alpha value is -0.100. The topological polar surface area (TPSA) is 37.3 Å². The highest BCUT2D eigenvalue weighted by molar-refractivity contribution is 14.1. The average Bonchev–Trinajstić information content (AvgIpc) is 1.96. The molecule has 0 amide bonds. The van der Waals surface area contributed by atoms with E-state index in [0.717, 1.165) is 3.57 Å². The van der Waals surface area contributed by atoms with Gasteiger partial charge in [-0.15, -0.1) is 0 Å². The first-order valence-electron chi connectivity index (χ1n) is 3.21. The maximum atomic E-state index is 11.0. The second kappa shape index (κ2) is 3.74. The van der Waals surface area contributed by atoms with Gasteiger partial charge in [0.25, 0.3) is 0 Å². The van der Waals surface area contributed by atoms with E-state index in [2.05, 4.69) is 15.9 Å². The number of ketones is 1. The first-order chi connectivity index (χ1) is 5.52. The monoisotopic (exact) mass is 340 g/mol. The molecule has 0 saturated carbocycles. The number of carbonyl (C=O) groups excluding carboxylic acids is 1. The summed E-state index contributed by atoms with van der Waals surface area (Å²) >= 11 is 5.16. The molecular formula is C8H6BrIO2. The molecule has 0 heterocycles. The SMILES string of the molecule is CC(=O)c1cc(Br)c(O)cc1I. The normalized spacial score (nSPS) is 9.92. The van der Waals surface area contributed by atoms with Crippen LogP contribution in [-0.2, 0) is 0 Å². The molecule has 1 aromatic rings. The molecule has 0 aliphatic rings. The van der Waals surface area contributed by atoms with E-state index in [9.17, 15) is 9.90 Å². The Morgan fingerprint density at radius 1 is 1.58 bits per heavy atom. The van der Waals surface area contributed by atoms with Crippen molar-refractivity contribution >= 4 is 44.3 Å². The predicted octanol–water partition coefficient (Wildman–Crippen LogP) is 2.96. The van der Waals surface area contributed by atoms with Crippen molar-refractivity contribution in [1.29, 1.82) is 0 Å². The van der Waals surface area contributed by atoms with Crippen LogP contribution in [0.1, 0.15) is 17.3 Å². The Kier molecular flexibility index (Phi) is 3.11. The second-order valence-corrected chi connectivity index (χ2v) is 4.36. The highest BCUT2D eigenvalue weighted by atomic mass is 127. The maximum absolute atomic E-state index is 11.0. The highest BCUT2D eigenvalue weighted by Crippen LogP contribution is 2.28. The zero-order valence-electron chi connectivity index (χ0n) is 6.27. The first-order valence-corrected chi connectivity index (χ1v) is 5.08. The van der Waals surface area contributed by atoms with E-state index in [0.29, 0.717) is 10.0 Å². The lowest BCUT2D eigenvalue weighted by molar-refractivity contribution is 0.101. The third-order valence-corrected chi connectivity index (χ3v) is 2.94. The number of Topliss-reactive ketones (excluding diaryl/α,β-unsaturated/α-hetero) is 1. The van der Waals surface area contributed by atoms with Crippen molar-refractivity contribution in [3.8, 4) is 5.75 Å². The Balaban J connectivity index is 3.33. The van der Waals surface area contributed by atoms with Gasteiger partial charge in [-0.3, -0.25) is 4.79 Å². The van der Waals surface area contributed by atoms with Crippen molar-refractivity contribution in [2.24, 2.45) is 0 Å². The molecule has 0 aliphatic carbocycles. The number of hydrogen-bond acceptors (Lipinski definition) is 2. The van der Waals surface area contributed by atoms with E-state index in [-0.39, 0.29) is 11.5 Å². The summed E-state index contributed by atoms with van der Waals surface area (Å²) in [6.07, 6.45) is 0. The van der Waals surface area contributed by atoms with Crippen molar-refractivity contribution in [3.63, 3.8) is 0 Å². The number of aromatic hydroxyl groups is 1. The molecule has 64 valence electrons. The molecule has 4 heteroatoms. The van der Waals surface area contributed by atoms with Gasteiger partial charge < -0.3 is 5.11 Å². The van der Waals surface area contributed by atoms with E-state index in [1.165, 1.54) is 6.92 Å². The third-order valence-electron chi connectivity index (χ3n) is 1.42. The summed E-state index contributed by atoms with van der Waals surface area (Å²) in [4.78, 5) is 11.0. The van der Waals surface area contributed by atoms with Crippen molar-refractivity contribution < 1.29 is 9.90 Å². The Morgan fingerprint density at radius 3 is 2.67 bits per heavy atom. The molecule has 0 saturated heterocycles. The predicted molar refractivity (Wildman–Crippen MR) is 58.5 cm³/mol. The van der Waals surface area contributed by atoms with Crippen LogP contribution in [0.5, 0.6) is 5.75 Å². The minimum Gasteiger partial charge on any atom is -0.507 e. The van der Waals surface area contributed by atoms with Gasteiger partial charge in [-0.25, -0.2) is 0 Å². The number of benzene rings is 1. The van der Waals surface area contributed by atoms with Crippen molar-refractivity contribution in [2.75, 3.05) is 0 Å². The lowest BCUT2D eigenvalue weighted by Crippen LogP contribution is -1.95. The number of rotatable bonds is 1. The molecule has 0 unspecified atom stereocenters. The molecule has 0 spiro atoms. The molecule has 0 aliphatic heterocycles. The fourth-order valence-corrected chi connectivity index (χ4v) is 1.98. The first kappa shape index (κ1) is 9.98. The van der Waals surface area contributed by atoms with Gasteiger partial charge in [0.05, 0.1) is 4.47 Å². The largest absolute Gasteiger partial charge is 0.507 e. The lowest BCUT2D eigenvalue weighted by Gasteiger charge is -2.02. The van der Waals surface area contributed by atoms with Gasteiger partial charge >= 0.3 is 0 Å². The van der Waals surface area contributed by atoms with Crippen molar-refractivity contribution in [3.05, 3.63) is 25.7 Å². The fourth-order valence-electron chi connectivity index (χ4n) is 0.806. The van der Waals surface area contributed by atoms with Crippen LogP contribution in [0.4, 0.5) is 0 Å². The van der Waals surface area contributed by atoms with Gasteiger partial charge in [0.15, 0.2) is 5.78 Å². The van der Waals surface area contributed by atoms with E-state index in [4.69, 9.17) is 0 Å². The van der Waals surface area contributed by atoms with E-state index >= 15 is 0 Å². The number of phenols is 1. The molecule has 0 aromatic heterocycles. The Labute approximate surface area is 92.2 Å². The molecule has 0 atom stereocenters. The summed E-state index contributed by atoms with van der Waals surface area (Å²) in [5, 5.41) is 9.24. The molecule has 1 aromatic carbocycles. The molecule has 12 heavy (non-hydrogen) atoms. The van der Waals surface area contributed by atoms with Crippen LogP contribution in [0.2, 0.25) is 0 Å². The van der Waals surface area contributed by atoms with Gasteiger partial charge in [-0.2, -0.15) is 0 Å². The smallest absolute Gasteiger partial charge is 0.160 e. The number of hydrogen-bond donors (Lipinski definition) is 1. The zero-order chi connectivity index (χ0) is 9.30. The molecule has 2 nitrogen and oxygen atoms in total. The Bertz CT molecular complexity index is 336. The van der Waals surface area contributed by atoms with Crippen LogP contribution in [-0.4, -0.2) is 10.9 Å². The molecule has 0 fully saturated rings. The third kappa shape index (κ3) is 1.98. The molecular weight excluding hydrogens is 335 g/mol. The lowest BCUT2D eigenvalue weighted by atomic mass is 10.1. The molecule has 1 N–H and O–H groups in total. The van der Waals surface area contributed by atoms with E-state index < -0.39 is 0 Å². The molecule has 0 bridgehead atoms. The summed E-state index contributed by atoms with van der Waals surface area (Å²) < 4.78 is 1.31. The fraction of sp³-hybridized carbons (Fsp3) is 0.125. The standard InChI is InChI=1S/C8H6BrIO2/c1-4(11)5-2-6(9)8(12)3-7(5)10/h2-3,12H,1H3. The van der Waals surface area contributed by atoms with Gasteiger partial charge in [0, 0.05) is 9.13 Å². The summed E-state index contributed by atoms with van der Waals surface area (Å²) in [6, 6.07) is 3.18. The summed E-state index contributed by atoms with van der Waals surface area (Å²) in [6.45, 7) is 1.50. The van der Waals surface area contributed by atoms with Crippen LogP contribution < -0.4 is 0 Å². The van der Waals surface area contributed by atoms with E-state index in [1.54, 1.807) is 12.1 Å². The molecule has 1 rings (SSSR count). The van der Waals surface area contributed by atoms with Gasteiger partial charge in [-0.1, -0.05) is 0 Å². The number of phenolic OH excluding ortho intramolecular Hbond substituents is 1.